The first-order valence-electron chi connectivity index (χ1n) is 5.93. The van der Waals surface area contributed by atoms with Crippen LogP contribution >= 0.6 is 12.2 Å². The molecule has 0 aromatic heterocycles. The zero-order valence-electron chi connectivity index (χ0n) is 10.4. The van der Waals surface area contributed by atoms with Crippen LogP contribution in [0.3, 0.4) is 0 Å². The SMILES string of the molecule is CCNC(=S)NNC(=O)C1COc2ccccc2O1. The summed E-state index contributed by atoms with van der Waals surface area (Å²) >= 11 is 4.93. The van der Waals surface area contributed by atoms with Gasteiger partial charge in [-0.1, -0.05) is 12.1 Å². The van der Waals surface area contributed by atoms with Crippen LogP contribution in [-0.4, -0.2) is 30.3 Å². The van der Waals surface area contributed by atoms with Crippen molar-refractivity contribution in [3.05, 3.63) is 24.3 Å². The predicted octanol–water partition coefficient (Wildman–Crippen LogP) is 0.342. The van der Waals surface area contributed by atoms with Gasteiger partial charge in [0.15, 0.2) is 16.6 Å². The number of benzene rings is 1. The second kappa shape index (κ2) is 6.24. The predicted molar refractivity (Wildman–Crippen MR) is 73.9 cm³/mol. The van der Waals surface area contributed by atoms with E-state index < -0.39 is 6.10 Å². The summed E-state index contributed by atoms with van der Waals surface area (Å²) in [4.78, 5) is 11.9. The molecule has 0 radical (unpaired) electrons. The summed E-state index contributed by atoms with van der Waals surface area (Å²) in [6.45, 7) is 2.75. The molecule has 1 aromatic carbocycles. The molecule has 0 fully saturated rings. The first-order valence-corrected chi connectivity index (χ1v) is 6.33. The summed E-state index contributed by atoms with van der Waals surface area (Å²) in [7, 11) is 0. The zero-order chi connectivity index (χ0) is 13.7. The number of ether oxygens (including phenoxy) is 2. The van der Waals surface area contributed by atoms with Crippen molar-refractivity contribution in [3.8, 4) is 11.5 Å². The zero-order valence-corrected chi connectivity index (χ0v) is 11.3. The average molecular weight is 281 g/mol. The molecule has 0 saturated carbocycles. The molecule has 1 amide bonds. The Morgan fingerprint density at radius 2 is 2.11 bits per heavy atom. The Balaban J connectivity index is 1.87. The van der Waals surface area contributed by atoms with Crippen molar-refractivity contribution < 1.29 is 14.3 Å². The molecule has 1 aromatic rings. The number of thiocarbonyl (C=S) groups is 1. The van der Waals surface area contributed by atoms with Crippen LogP contribution < -0.4 is 25.6 Å². The van der Waals surface area contributed by atoms with Gasteiger partial charge in [0.05, 0.1) is 0 Å². The van der Waals surface area contributed by atoms with Crippen molar-refractivity contribution in [1.82, 2.24) is 16.2 Å². The third-order valence-electron chi connectivity index (χ3n) is 2.44. The molecule has 0 bridgehead atoms. The van der Waals surface area contributed by atoms with E-state index in [2.05, 4.69) is 16.2 Å². The maximum Gasteiger partial charge on any atom is 0.283 e. The Labute approximate surface area is 116 Å². The Morgan fingerprint density at radius 1 is 1.37 bits per heavy atom. The number of amides is 1. The Morgan fingerprint density at radius 3 is 2.84 bits per heavy atom. The van der Waals surface area contributed by atoms with Crippen LogP contribution in [0.4, 0.5) is 0 Å². The molecule has 1 aliphatic heterocycles. The van der Waals surface area contributed by atoms with E-state index in [-0.39, 0.29) is 12.5 Å². The Hall–Kier alpha value is -2.02. The molecule has 6 nitrogen and oxygen atoms in total. The smallest absolute Gasteiger partial charge is 0.283 e. The highest BCUT2D eigenvalue weighted by Gasteiger charge is 2.27. The number of carbonyl (C=O) groups is 1. The number of fused-ring (bicyclic) bond motifs is 1. The molecular weight excluding hydrogens is 266 g/mol. The Kier molecular flexibility index (Phi) is 4.40. The molecule has 19 heavy (non-hydrogen) atoms. The summed E-state index contributed by atoms with van der Waals surface area (Å²) in [5.74, 6) is 0.862. The van der Waals surface area contributed by atoms with E-state index in [1.54, 1.807) is 12.1 Å². The Bertz CT molecular complexity index is 481. The molecular formula is C12H15N3O3S. The van der Waals surface area contributed by atoms with Gasteiger partial charge in [0.2, 0.25) is 6.10 Å². The highest BCUT2D eigenvalue weighted by Crippen LogP contribution is 2.30. The van der Waals surface area contributed by atoms with Crippen LogP contribution in [0.1, 0.15) is 6.92 Å². The molecule has 0 aliphatic carbocycles. The molecule has 0 saturated heterocycles. The van der Waals surface area contributed by atoms with Gasteiger partial charge in [-0.15, -0.1) is 0 Å². The number of hydrazine groups is 1. The van der Waals surface area contributed by atoms with Crippen molar-refractivity contribution in [3.63, 3.8) is 0 Å². The highest BCUT2D eigenvalue weighted by molar-refractivity contribution is 7.80. The van der Waals surface area contributed by atoms with E-state index in [1.807, 2.05) is 19.1 Å². The van der Waals surface area contributed by atoms with Crippen LogP contribution in [0.5, 0.6) is 11.5 Å². The van der Waals surface area contributed by atoms with Gasteiger partial charge < -0.3 is 14.8 Å². The van der Waals surface area contributed by atoms with Crippen molar-refractivity contribution in [2.75, 3.05) is 13.2 Å². The molecule has 3 N–H and O–H groups in total. The lowest BCUT2D eigenvalue weighted by Crippen LogP contribution is -2.53. The summed E-state index contributed by atoms with van der Waals surface area (Å²) in [5, 5.41) is 3.21. The molecule has 1 atom stereocenters. The van der Waals surface area contributed by atoms with Crippen LogP contribution in [0.2, 0.25) is 0 Å². The highest BCUT2D eigenvalue weighted by atomic mass is 32.1. The van der Waals surface area contributed by atoms with Gasteiger partial charge in [0.25, 0.3) is 5.91 Å². The van der Waals surface area contributed by atoms with E-state index >= 15 is 0 Å². The molecule has 2 rings (SSSR count). The minimum Gasteiger partial charge on any atom is -0.485 e. The number of carbonyl (C=O) groups excluding carboxylic acids is 1. The fraction of sp³-hybridized carbons (Fsp3) is 0.333. The minimum atomic E-state index is -0.702. The summed E-state index contributed by atoms with van der Waals surface area (Å²) in [5.41, 5.74) is 5.06. The first-order chi connectivity index (χ1) is 9.20. The van der Waals surface area contributed by atoms with Crippen LogP contribution in [0, 0.1) is 0 Å². The van der Waals surface area contributed by atoms with E-state index in [0.717, 1.165) is 0 Å². The van der Waals surface area contributed by atoms with Gasteiger partial charge in [0, 0.05) is 6.54 Å². The standard InChI is InChI=1S/C12H15N3O3S/c1-2-13-12(19)15-14-11(16)10-7-17-8-5-3-4-6-9(8)18-10/h3-6,10H,2,7H2,1H3,(H,14,16)(H2,13,15,19). The summed E-state index contributed by atoms with van der Waals surface area (Å²) in [6.07, 6.45) is -0.702. The van der Waals surface area contributed by atoms with Crippen molar-refractivity contribution in [2.24, 2.45) is 0 Å². The fourth-order valence-electron chi connectivity index (χ4n) is 1.55. The van der Waals surface area contributed by atoms with E-state index in [9.17, 15) is 4.79 Å². The number of hydrogen-bond donors (Lipinski definition) is 3. The van der Waals surface area contributed by atoms with E-state index in [4.69, 9.17) is 21.7 Å². The number of nitrogens with one attached hydrogen (secondary N) is 3. The fourth-order valence-corrected chi connectivity index (χ4v) is 1.75. The van der Waals surface area contributed by atoms with Crippen molar-refractivity contribution >= 4 is 23.2 Å². The third kappa shape index (κ3) is 3.47. The van der Waals surface area contributed by atoms with E-state index in [0.29, 0.717) is 23.2 Å². The largest absolute Gasteiger partial charge is 0.485 e. The number of hydrogen-bond acceptors (Lipinski definition) is 4. The maximum atomic E-state index is 11.9. The first kappa shape index (κ1) is 13.4. The molecule has 1 heterocycles. The van der Waals surface area contributed by atoms with Crippen LogP contribution in [-0.2, 0) is 4.79 Å². The molecule has 102 valence electrons. The quantitative estimate of drug-likeness (QED) is 0.536. The topological polar surface area (TPSA) is 71.6 Å². The van der Waals surface area contributed by atoms with Crippen LogP contribution in [0.15, 0.2) is 24.3 Å². The summed E-state index contributed by atoms with van der Waals surface area (Å²) < 4.78 is 11.0. The lowest BCUT2D eigenvalue weighted by molar-refractivity contribution is -0.130. The van der Waals surface area contributed by atoms with Gasteiger partial charge >= 0.3 is 0 Å². The second-order valence-corrected chi connectivity index (χ2v) is 4.25. The number of rotatable bonds is 2. The van der Waals surface area contributed by atoms with Crippen LogP contribution in [0.25, 0.3) is 0 Å². The van der Waals surface area contributed by atoms with E-state index in [1.165, 1.54) is 0 Å². The second-order valence-electron chi connectivity index (χ2n) is 3.84. The lowest BCUT2D eigenvalue weighted by atomic mass is 10.2. The average Bonchev–Trinajstić information content (AvgIpc) is 2.44. The molecule has 0 spiro atoms. The lowest BCUT2D eigenvalue weighted by Gasteiger charge is -2.25. The van der Waals surface area contributed by atoms with Crippen molar-refractivity contribution in [2.45, 2.75) is 13.0 Å². The third-order valence-corrected chi connectivity index (χ3v) is 2.68. The van der Waals surface area contributed by atoms with Crippen molar-refractivity contribution in [1.29, 1.82) is 0 Å². The maximum absolute atomic E-state index is 11.9. The van der Waals surface area contributed by atoms with Gasteiger partial charge in [-0.05, 0) is 31.3 Å². The van der Waals surface area contributed by atoms with Gasteiger partial charge in [-0.25, -0.2) is 0 Å². The van der Waals surface area contributed by atoms with Gasteiger partial charge in [-0.2, -0.15) is 0 Å². The molecule has 7 heteroatoms. The number of para-hydroxylation sites is 2. The molecule has 1 aliphatic rings. The van der Waals surface area contributed by atoms with Gasteiger partial charge in [0.1, 0.15) is 6.61 Å². The normalized spacial score (nSPS) is 16.4. The van der Waals surface area contributed by atoms with Gasteiger partial charge in [-0.3, -0.25) is 15.6 Å². The monoisotopic (exact) mass is 281 g/mol. The minimum absolute atomic E-state index is 0.165. The molecule has 1 unspecified atom stereocenters. The summed E-state index contributed by atoms with van der Waals surface area (Å²) in [6, 6.07) is 7.22.